The smallest absolute Gasteiger partial charge is 0.327 e. The minimum Gasteiger partial charge on any atom is -0.480 e. The van der Waals surface area contributed by atoms with Gasteiger partial charge in [-0.25, -0.2) is 4.79 Å². The highest BCUT2D eigenvalue weighted by molar-refractivity contribution is 7.80. The number of rotatable bonds is 4. The number of amides is 1. The summed E-state index contributed by atoms with van der Waals surface area (Å²) in [6, 6.07) is 16.8. The van der Waals surface area contributed by atoms with E-state index in [0.717, 1.165) is 32.3 Å². The first-order valence-electron chi connectivity index (χ1n) is 7.91. The summed E-state index contributed by atoms with van der Waals surface area (Å²) < 4.78 is 0. The number of thiol groups is 1. The summed E-state index contributed by atoms with van der Waals surface area (Å²) in [7, 11) is 0. The van der Waals surface area contributed by atoms with E-state index in [1.807, 2.05) is 30.3 Å². The molecule has 0 spiro atoms. The molecule has 5 heteroatoms. The molecule has 0 aliphatic carbocycles. The van der Waals surface area contributed by atoms with Gasteiger partial charge in [0.1, 0.15) is 6.04 Å². The molecule has 0 aliphatic heterocycles. The van der Waals surface area contributed by atoms with E-state index in [2.05, 4.69) is 36.1 Å². The lowest BCUT2D eigenvalue weighted by Crippen LogP contribution is -2.42. The molecule has 2 N–H and O–H groups in total. The van der Waals surface area contributed by atoms with Gasteiger partial charge in [-0.05, 0) is 38.4 Å². The van der Waals surface area contributed by atoms with Crippen LogP contribution in [-0.4, -0.2) is 28.8 Å². The average Bonchev–Trinajstić information content (AvgIpc) is 2.63. The molecule has 124 valence electrons. The fourth-order valence-electron chi connectivity index (χ4n) is 3.35. The summed E-state index contributed by atoms with van der Waals surface area (Å²) in [5.41, 5.74) is 0.471. The van der Waals surface area contributed by atoms with Crippen LogP contribution in [0, 0.1) is 0 Å². The molecule has 0 saturated carbocycles. The van der Waals surface area contributed by atoms with E-state index in [1.165, 1.54) is 0 Å². The van der Waals surface area contributed by atoms with E-state index in [1.54, 1.807) is 6.07 Å². The van der Waals surface area contributed by atoms with Crippen LogP contribution in [0.5, 0.6) is 0 Å². The molecule has 0 aliphatic rings. The van der Waals surface area contributed by atoms with E-state index >= 15 is 0 Å². The Kier molecular flexibility index (Phi) is 3.73. The second-order valence-corrected chi connectivity index (χ2v) is 6.38. The molecule has 4 aromatic rings. The highest BCUT2D eigenvalue weighted by atomic mass is 32.1. The Morgan fingerprint density at radius 3 is 2.16 bits per heavy atom. The summed E-state index contributed by atoms with van der Waals surface area (Å²) in [4.78, 5) is 23.8. The molecule has 0 unspecified atom stereocenters. The zero-order valence-corrected chi connectivity index (χ0v) is 14.1. The molecule has 0 heterocycles. The average molecular weight is 349 g/mol. The summed E-state index contributed by atoms with van der Waals surface area (Å²) in [6.07, 6.45) is 0. The first kappa shape index (κ1) is 15.7. The zero-order valence-electron chi connectivity index (χ0n) is 13.2. The number of hydrogen-bond donors (Lipinski definition) is 3. The highest BCUT2D eigenvalue weighted by Crippen LogP contribution is 2.35. The van der Waals surface area contributed by atoms with Crippen LogP contribution in [0.15, 0.2) is 54.6 Å². The fraction of sp³-hybridized carbons (Fsp3) is 0.100. The minimum atomic E-state index is -1.10. The first-order valence-corrected chi connectivity index (χ1v) is 8.54. The van der Waals surface area contributed by atoms with Gasteiger partial charge in [-0.2, -0.15) is 12.6 Å². The van der Waals surface area contributed by atoms with Crippen LogP contribution in [0.25, 0.3) is 32.3 Å². The predicted molar refractivity (Wildman–Crippen MR) is 103 cm³/mol. The SMILES string of the molecule is O=C(N[C@@H](CS)C(=O)O)c1ccc2ccc3cccc4ccc1c2c34. The van der Waals surface area contributed by atoms with Crippen LogP contribution in [0.2, 0.25) is 0 Å². The number of hydrogen-bond acceptors (Lipinski definition) is 3. The Morgan fingerprint density at radius 2 is 1.52 bits per heavy atom. The number of carboxylic acid groups (broad SMARTS) is 1. The molecule has 0 fully saturated rings. The maximum absolute atomic E-state index is 12.7. The molecule has 4 aromatic carbocycles. The molecule has 0 radical (unpaired) electrons. The fourth-order valence-corrected chi connectivity index (χ4v) is 3.60. The number of nitrogens with one attached hydrogen (secondary N) is 1. The molecule has 1 amide bonds. The molecule has 0 saturated heterocycles. The Labute approximate surface area is 149 Å². The highest BCUT2D eigenvalue weighted by Gasteiger charge is 2.21. The van der Waals surface area contributed by atoms with Crippen LogP contribution in [0.1, 0.15) is 10.4 Å². The lowest BCUT2D eigenvalue weighted by molar-refractivity contribution is -0.138. The van der Waals surface area contributed by atoms with Gasteiger partial charge < -0.3 is 10.4 Å². The number of carbonyl (C=O) groups is 2. The zero-order chi connectivity index (χ0) is 17.6. The van der Waals surface area contributed by atoms with Crippen molar-refractivity contribution < 1.29 is 14.7 Å². The van der Waals surface area contributed by atoms with Crippen molar-refractivity contribution >= 4 is 56.8 Å². The van der Waals surface area contributed by atoms with Gasteiger partial charge in [0.05, 0.1) is 0 Å². The maximum atomic E-state index is 12.7. The van der Waals surface area contributed by atoms with Crippen molar-refractivity contribution in [3.63, 3.8) is 0 Å². The summed E-state index contributed by atoms with van der Waals surface area (Å²) in [5.74, 6) is -1.46. The molecule has 1 atom stereocenters. The summed E-state index contributed by atoms with van der Waals surface area (Å²) in [5, 5.41) is 17.9. The summed E-state index contributed by atoms with van der Waals surface area (Å²) >= 11 is 4.00. The normalized spacial score (nSPS) is 12.7. The van der Waals surface area contributed by atoms with Gasteiger partial charge in [0.15, 0.2) is 0 Å². The third kappa shape index (κ3) is 2.48. The number of carbonyl (C=O) groups excluding carboxylic acids is 1. The molecule has 25 heavy (non-hydrogen) atoms. The van der Waals surface area contributed by atoms with Gasteiger partial charge >= 0.3 is 5.97 Å². The van der Waals surface area contributed by atoms with Crippen molar-refractivity contribution in [3.05, 3.63) is 60.2 Å². The van der Waals surface area contributed by atoms with Crippen LogP contribution in [0.3, 0.4) is 0 Å². The van der Waals surface area contributed by atoms with Crippen LogP contribution >= 0.6 is 12.6 Å². The standard InChI is InChI=1S/C20H15NO3S/c22-19(21-16(10-25)20(23)24)15-9-7-13-5-4-11-2-1-3-12-6-8-14(15)18(13)17(11)12/h1-9,16,25H,10H2,(H,21,22)(H,23,24)/t16-/m0/s1. The van der Waals surface area contributed by atoms with E-state index in [-0.39, 0.29) is 5.75 Å². The van der Waals surface area contributed by atoms with Crippen molar-refractivity contribution in [2.24, 2.45) is 0 Å². The number of aliphatic carboxylic acids is 1. The van der Waals surface area contributed by atoms with Crippen molar-refractivity contribution in [1.82, 2.24) is 5.32 Å². The van der Waals surface area contributed by atoms with E-state index in [4.69, 9.17) is 5.11 Å². The topological polar surface area (TPSA) is 66.4 Å². The van der Waals surface area contributed by atoms with E-state index in [9.17, 15) is 9.59 Å². The van der Waals surface area contributed by atoms with Gasteiger partial charge in [-0.1, -0.05) is 48.5 Å². The third-order valence-electron chi connectivity index (χ3n) is 4.56. The lowest BCUT2D eigenvalue weighted by atomic mass is 9.92. The predicted octanol–water partition coefficient (Wildman–Crippen LogP) is 3.70. The lowest BCUT2D eigenvalue weighted by Gasteiger charge is -2.16. The largest absolute Gasteiger partial charge is 0.480 e. The second kappa shape index (κ2) is 5.93. The van der Waals surface area contributed by atoms with E-state index in [0.29, 0.717) is 5.56 Å². The van der Waals surface area contributed by atoms with E-state index < -0.39 is 17.9 Å². The maximum Gasteiger partial charge on any atom is 0.327 e. The quantitative estimate of drug-likeness (QED) is 0.389. The Bertz CT molecular complexity index is 1110. The number of carboxylic acids is 1. The molecular formula is C20H15NO3S. The Morgan fingerprint density at radius 1 is 0.920 bits per heavy atom. The molecule has 4 nitrogen and oxygen atoms in total. The first-order chi connectivity index (χ1) is 12.1. The molecule has 0 aromatic heterocycles. The van der Waals surface area contributed by atoms with Gasteiger partial charge in [0.2, 0.25) is 0 Å². The molecule has 4 rings (SSSR count). The molecule has 0 bridgehead atoms. The second-order valence-electron chi connectivity index (χ2n) is 6.02. The summed E-state index contributed by atoms with van der Waals surface area (Å²) in [6.45, 7) is 0. The van der Waals surface area contributed by atoms with Crippen molar-refractivity contribution in [2.45, 2.75) is 6.04 Å². The Balaban J connectivity index is 1.93. The van der Waals surface area contributed by atoms with Gasteiger partial charge in [-0.3, -0.25) is 4.79 Å². The third-order valence-corrected chi connectivity index (χ3v) is 4.92. The van der Waals surface area contributed by atoms with Gasteiger partial charge in [-0.15, -0.1) is 0 Å². The van der Waals surface area contributed by atoms with Gasteiger partial charge in [0.25, 0.3) is 5.91 Å². The van der Waals surface area contributed by atoms with Gasteiger partial charge in [0, 0.05) is 11.3 Å². The monoisotopic (exact) mass is 349 g/mol. The Hall–Kier alpha value is -2.79. The molecular weight excluding hydrogens is 334 g/mol. The van der Waals surface area contributed by atoms with Crippen molar-refractivity contribution in [2.75, 3.05) is 5.75 Å². The minimum absolute atomic E-state index is 0.0346. The van der Waals surface area contributed by atoms with Crippen LogP contribution in [-0.2, 0) is 4.79 Å². The van der Waals surface area contributed by atoms with Crippen LogP contribution in [0.4, 0.5) is 0 Å². The van der Waals surface area contributed by atoms with Crippen molar-refractivity contribution in [3.8, 4) is 0 Å². The number of benzene rings is 4. The van der Waals surface area contributed by atoms with Crippen LogP contribution < -0.4 is 5.32 Å². The van der Waals surface area contributed by atoms with Crippen molar-refractivity contribution in [1.29, 1.82) is 0 Å².